The van der Waals surface area contributed by atoms with Crippen LogP contribution in [0.25, 0.3) is 0 Å². The zero-order valence-electron chi connectivity index (χ0n) is 12.8. The first-order chi connectivity index (χ1) is 6.97. The Morgan fingerprint density at radius 2 is 1.59 bits per heavy atom. The Hall–Kier alpha value is 0.916. The Bertz CT molecular complexity index is 339. The molecule has 1 aliphatic carbocycles. The second-order valence-electron chi connectivity index (χ2n) is 7.27. The molecule has 0 aromatic rings. The van der Waals surface area contributed by atoms with Crippen molar-refractivity contribution in [3.05, 3.63) is 23.5 Å². The quantitative estimate of drug-likeness (QED) is 0.638. The zero-order chi connectivity index (χ0) is 12.8. The van der Waals surface area contributed by atoms with E-state index in [9.17, 15) is 5.11 Å². The van der Waals surface area contributed by atoms with E-state index in [1.54, 1.807) is 0 Å². The Kier molecular flexibility index (Phi) is 5.80. The Labute approximate surface area is 149 Å². The van der Waals surface area contributed by atoms with Crippen molar-refractivity contribution in [2.75, 3.05) is 0 Å². The van der Waals surface area contributed by atoms with Gasteiger partial charge in [-0.25, -0.2) is 0 Å². The minimum atomic E-state index is 0. The van der Waals surface area contributed by atoms with Gasteiger partial charge in [0.15, 0.2) is 0 Å². The Morgan fingerprint density at radius 3 is 1.94 bits per heavy atom. The maximum absolute atomic E-state index is 10.00. The van der Waals surface area contributed by atoms with Gasteiger partial charge in [-0.3, -0.25) is 0 Å². The summed E-state index contributed by atoms with van der Waals surface area (Å²) in [6, 6.07) is 0. The van der Waals surface area contributed by atoms with Crippen LogP contribution in [0.15, 0.2) is 23.5 Å². The molecule has 0 aromatic heterocycles. The van der Waals surface area contributed by atoms with Gasteiger partial charge in [0, 0.05) is 51.4 Å². The summed E-state index contributed by atoms with van der Waals surface area (Å²) >= 11 is 0. The Balaban J connectivity index is 0.00000256. The van der Waals surface area contributed by atoms with Crippen molar-refractivity contribution in [3.63, 3.8) is 0 Å². The molecule has 93 valence electrons. The van der Waals surface area contributed by atoms with Crippen LogP contribution in [-0.2, 0) is 0 Å². The van der Waals surface area contributed by atoms with Crippen LogP contribution in [0.5, 0.6) is 0 Å². The SMILES string of the molecule is CC(C)(C)C1=CC(C)(C(C)(C)C)CC=C1O.[K]. The number of allylic oxidation sites excluding steroid dienone is 3. The van der Waals surface area contributed by atoms with E-state index in [0.29, 0.717) is 5.76 Å². The third-order valence-corrected chi connectivity index (χ3v) is 3.98. The summed E-state index contributed by atoms with van der Waals surface area (Å²) in [5.41, 5.74) is 1.42. The predicted molar refractivity (Wildman–Crippen MR) is 76.2 cm³/mol. The third-order valence-electron chi connectivity index (χ3n) is 3.98. The summed E-state index contributed by atoms with van der Waals surface area (Å²) in [4.78, 5) is 0. The van der Waals surface area contributed by atoms with Crippen molar-refractivity contribution < 1.29 is 5.11 Å². The smallest absolute Gasteiger partial charge is 0.115 e. The van der Waals surface area contributed by atoms with Crippen LogP contribution in [0.1, 0.15) is 54.9 Å². The fourth-order valence-electron chi connectivity index (χ4n) is 1.99. The van der Waals surface area contributed by atoms with Crippen LogP contribution in [-0.4, -0.2) is 56.5 Å². The molecule has 1 radical (unpaired) electrons. The molecular weight excluding hydrogens is 235 g/mol. The fourth-order valence-corrected chi connectivity index (χ4v) is 1.99. The van der Waals surface area contributed by atoms with E-state index >= 15 is 0 Å². The minimum absolute atomic E-state index is 0. The predicted octanol–water partition coefficient (Wildman–Crippen LogP) is 4.48. The second-order valence-corrected chi connectivity index (χ2v) is 7.27. The molecule has 0 heterocycles. The van der Waals surface area contributed by atoms with Crippen LogP contribution in [0.2, 0.25) is 0 Å². The van der Waals surface area contributed by atoms with Gasteiger partial charge in [0.2, 0.25) is 0 Å². The third kappa shape index (κ3) is 3.94. The van der Waals surface area contributed by atoms with E-state index in [1.165, 1.54) is 0 Å². The summed E-state index contributed by atoms with van der Waals surface area (Å²) < 4.78 is 0. The molecule has 0 aromatic carbocycles. The molecule has 1 nitrogen and oxygen atoms in total. The molecule has 0 saturated carbocycles. The molecule has 0 spiro atoms. The second kappa shape index (κ2) is 5.50. The van der Waals surface area contributed by atoms with Gasteiger partial charge in [0.05, 0.1) is 0 Å². The van der Waals surface area contributed by atoms with Crippen molar-refractivity contribution in [2.45, 2.75) is 54.9 Å². The summed E-state index contributed by atoms with van der Waals surface area (Å²) in [7, 11) is 0. The first-order valence-corrected chi connectivity index (χ1v) is 6.10. The van der Waals surface area contributed by atoms with Crippen LogP contribution in [0.4, 0.5) is 0 Å². The van der Waals surface area contributed by atoms with Crippen LogP contribution in [0.3, 0.4) is 0 Å². The number of aliphatic hydroxyl groups is 1. The van der Waals surface area contributed by atoms with Crippen LogP contribution < -0.4 is 0 Å². The fraction of sp³-hybridized carbons (Fsp3) is 0.733. The number of aliphatic hydroxyl groups excluding tert-OH is 1. The van der Waals surface area contributed by atoms with Crippen molar-refractivity contribution >= 4 is 51.4 Å². The van der Waals surface area contributed by atoms with Crippen LogP contribution in [0, 0.1) is 16.2 Å². The molecule has 0 fully saturated rings. The largest absolute Gasteiger partial charge is 0.508 e. The van der Waals surface area contributed by atoms with Gasteiger partial charge in [-0.15, -0.1) is 0 Å². The van der Waals surface area contributed by atoms with Gasteiger partial charge in [-0.2, -0.15) is 0 Å². The van der Waals surface area contributed by atoms with Gasteiger partial charge in [-0.1, -0.05) is 54.5 Å². The maximum atomic E-state index is 10.00. The normalized spacial score (nSPS) is 25.8. The standard InChI is InChI=1S/C15H26O.K/c1-13(2,3)11-10-15(7,14(4,5)6)9-8-12(11)16;/h8,10,16H,9H2,1-7H3;. The summed E-state index contributed by atoms with van der Waals surface area (Å²) in [5.74, 6) is 0.467. The van der Waals surface area contributed by atoms with E-state index < -0.39 is 0 Å². The van der Waals surface area contributed by atoms with E-state index in [-0.39, 0.29) is 67.6 Å². The summed E-state index contributed by atoms with van der Waals surface area (Å²) in [5, 5.41) is 10.00. The molecule has 1 unspecified atom stereocenters. The topological polar surface area (TPSA) is 20.2 Å². The molecule has 1 atom stereocenters. The molecule has 1 aliphatic rings. The van der Waals surface area contributed by atoms with Gasteiger partial charge in [0.25, 0.3) is 0 Å². The van der Waals surface area contributed by atoms with Gasteiger partial charge < -0.3 is 5.11 Å². The molecule has 0 amide bonds. The molecule has 0 saturated heterocycles. The average molecular weight is 261 g/mol. The molecule has 0 bridgehead atoms. The van der Waals surface area contributed by atoms with E-state index in [4.69, 9.17) is 0 Å². The maximum Gasteiger partial charge on any atom is 0.115 e. The summed E-state index contributed by atoms with van der Waals surface area (Å²) in [6.07, 6.45) is 5.18. The summed E-state index contributed by atoms with van der Waals surface area (Å²) in [6.45, 7) is 15.5. The van der Waals surface area contributed by atoms with Crippen molar-refractivity contribution in [1.29, 1.82) is 0 Å². The monoisotopic (exact) mass is 261 g/mol. The molecule has 0 aliphatic heterocycles. The van der Waals surface area contributed by atoms with Gasteiger partial charge >= 0.3 is 0 Å². The molecular formula is C15H26KO. The first kappa shape index (κ1) is 17.9. The minimum Gasteiger partial charge on any atom is -0.508 e. The Morgan fingerprint density at radius 1 is 1.12 bits per heavy atom. The van der Waals surface area contributed by atoms with Crippen LogP contribution >= 0.6 is 0 Å². The molecule has 1 rings (SSSR count). The molecule has 2 heteroatoms. The van der Waals surface area contributed by atoms with E-state index in [1.807, 2.05) is 6.08 Å². The van der Waals surface area contributed by atoms with E-state index in [2.05, 4.69) is 54.5 Å². The van der Waals surface area contributed by atoms with Crippen molar-refractivity contribution in [3.8, 4) is 0 Å². The van der Waals surface area contributed by atoms with Gasteiger partial charge in [-0.05, 0) is 34.3 Å². The van der Waals surface area contributed by atoms with Crippen molar-refractivity contribution in [1.82, 2.24) is 0 Å². The number of rotatable bonds is 0. The first-order valence-electron chi connectivity index (χ1n) is 6.10. The zero-order valence-corrected chi connectivity index (χ0v) is 15.9. The van der Waals surface area contributed by atoms with Gasteiger partial charge in [0.1, 0.15) is 5.76 Å². The number of hydrogen-bond acceptors (Lipinski definition) is 1. The average Bonchev–Trinajstić information content (AvgIpc) is 2.05. The molecule has 17 heavy (non-hydrogen) atoms. The van der Waals surface area contributed by atoms with Crippen molar-refractivity contribution in [2.24, 2.45) is 16.2 Å². The number of hydrogen-bond donors (Lipinski definition) is 1. The molecule has 1 N–H and O–H groups in total. The van der Waals surface area contributed by atoms with E-state index in [0.717, 1.165) is 12.0 Å².